The first-order valence-electron chi connectivity index (χ1n) is 7.57. The van der Waals surface area contributed by atoms with Crippen molar-refractivity contribution in [3.63, 3.8) is 0 Å². The maximum absolute atomic E-state index is 12.2. The van der Waals surface area contributed by atoms with Crippen molar-refractivity contribution in [2.75, 3.05) is 25.6 Å². The molecule has 1 aromatic heterocycles. The molecule has 0 saturated carbocycles. The largest absolute Gasteiger partial charge is 0.383 e. The molecular weight excluding hydrogens is 364 g/mol. The van der Waals surface area contributed by atoms with Gasteiger partial charge in [-0.2, -0.15) is 0 Å². The summed E-state index contributed by atoms with van der Waals surface area (Å²) in [6, 6.07) is 5.66. The van der Waals surface area contributed by atoms with Crippen LogP contribution in [-0.2, 0) is 14.8 Å². The summed E-state index contributed by atoms with van der Waals surface area (Å²) >= 11 is 1.31. The Morgan fingerprint density at radius 2 is 1.92 bits per heavy atom. The van der Waals surface area contributed by atoms with E-state index in [0.29, 0.717) is 10.7 Å². The summed E-state index contributed by atoms with van der Waals surface area (Å²) in [4.78, 5) is 12.3. The van der Waals surface area contributed by atoms with Crippen LogP contribution in [0.2, 0.25) is 0 Å². The minimum Gasteiger partial charge on any atom is -0.383 e. The van der Waals surface area contributed by atoms with Crippen LogP contribution in [0.25, 0.3) is 0 Å². The summed E-state index contributed by atoms with van der Waals surface area (Å²) < 4.78 is 31.3. The lowest BCUT2D eigenvalue weighted by Gasteiger charge is -2.07. The molecule has 0 atom stereocenters. The topological polar surface area (TPSA) is 110 Å². The zero-order chi connectivity index (χ0) is 18.4. The van der Waals surface area contributed by atoms with Crippen LogP contribution in [0.4, 0.5) is 5.13 Å². The van der Waals surface area contributed by atoms with Crippen molar-refractivity contribution in [3.8, 4) is 0 Å². The first-order chi connectivity index (χ1) is 11.8. The molecule has 0 unspecified atom stereocenters. The lowest BCUT2D eigenvalue weighted by molar-refractivity contribution is 0.102. The number of benzene rings is 1. The Bertz CT molecular complexity index is 816. The smallest absolute Gasteiger partial charge is 0.257 e. The first-order valence-corrected chi connectivity index (χ1v) is 9.87. The summed E-state index contributed by atoms with van der Waals surface area (Å²) in [6.45, 7) is 4.44. The number of aromatic nitrogens is 2. The number of nitrogens with zero attached hydrogens (tertiary/aromatic N) is 2. The summed E-state index contributed by atoms with van der Waals surface area (Å²) in [5.41, 5.74) is 0.331. The molecule has 8 nitrogen and oxygen atoms in total. The number of amides is 1. The van der Waals surface area contributed by atoms with Crippen molar-refractivity contribution < 1.29 is 17.9 Å². The van der Waals surface area contributed by atoms with Gasteiger partial charge in [0.1, 0.15) is 5.01 Å². The number of carbonyl (C=O) groups excluding carboxylic acids is 1. The van der Waals surface area contributed by atoms with Gasteiger partial charge in [0.25, 0.3) is 5.91 Å². The molecule has 0 aliphatic carbocycles. The molecule has 136 valence electrons. The predicted octanol–water partition coefficient (Wildman–Crippen LogP) is 1.84. The van der Waals surface area contributed by atoms with Crippen LogP contribution in [0, 0.1) is 0 Å². The molecule has 2 rings (SSSR count). The standard InChI is InChI=1S/C15H20N4O4S2/c1-10(2)14-18-19-15(24-14)17-13(20)11-4-6-12(7-5-11)25(21,22)16-8-9-23-3/h4-7,10,16H,8-9H2,1-3H3,(H,17,19,20). The van der Waals surface area contributed by atoms with Gasteiger partial charge in [0.05, 0.1) is 11.5 Å². The van der Waals surface area contributed by atoms with Gasteiger partial charge in [-0.15, -0.1) is 10.2 Å². The summed E-state index contributed by atoms with van der Waals surface area (Å²) in [5.74, 6) is -0.138. The maximum atomic E-state index is 12.2. The van der Waals surface area contributed by atoms with Crippen LogP contribution < -0.4 is 10.0 Å². The number of carbonyl (C=O) groups is 1. The Labute approximate surface area is 150 Å². The molecule has 0 bridgehead atoms. The highest BCUT2D eigenvalue weighted by Gasteiger charge is 2.15. The molecule has 25 heavy (non-hydrogen) atoms. The highest BCUT2D eigenvalue weighted by atomic mass is 32.2. The van der Waals surface area contributed by atoms with Gasteiger partial charge in [-0.05, 0) is 24.3 Å². The fourth-order valence-corrected chi connectivity index (χ4v) is 3.59. The van der Waals surface area contributed by atoms with Gasteiger partial charge in [-0.1, -0.05) is 25.2 Å². The van der Waals surface area contributed by atoms with Gasteiger partial charge in [-0.3, -0.25) is 10.1 Å². The van der Waals surface area contributed by atoms with Crippen LogP contribution in [0.1, 0.15) is 35.1 Å². The number of sulfonamides is 1. The van der Waals surface area contributed by atoms with Crippen molar-refractivity contribution in [2.24, 2.45) is 0 Å². The maximum Gasteiger partial charge on any atom is 0.257 e. The van der Waals surface area contributed by atoms with Gasteiger partial charge in [0.2, 0.25) is 15.2 Å². The van der Waals surface area contributed by atoms with Crippen molar-refractivity contribution >= 4 is 32.4 Å². The Hall–Kier alpha value is -1.88. The van der Waals surface area contributed by atoms with E-state index in [2.05, 4.69) is 20.2 Å². The summed E-state index contributed by atoms with van der Waals surface area (Å²) in [7, 11) is -2.13. The van der Waals surface area contributed by atoms with E-state index >= 15 is 0 Å². The van der Waals surface area contributed by atoms with Crippen molar-refractivity contribution in [1.82, 2.24) is 14.9 Å². The number of nitrogens with one attached hydrogen (secondary N) is 2. The highest BCUT2D eigenvalue weighted by Crippen LogP contribution is 2.23. The van der Waals surface area contributed by atoms with Gasteiger partial charge in [0, 0.05) is 25.1 Å². The molecule has 0 spiro atoms. The van der Waals surface area contributed by atoms with Crippen LogP contribution in [0.15, 0.2) is 29.2 Å². The van der Waals surface area contributed by atoms with Gasteiger partial charge in [0.15, 0.2) is 0 Å². The van der Waals surface area contributed by atoms with E-state index in [-0.39, 0.29) is 29.9 Å². The molecule has 1 aromatic carbocycles. The third kappa shape index (κ3) is 5.30. The van der Waals surface area contributed by atoms with E-state index in [1.807, 2.05) is 13.8 Å². The fraction of sp³-hybridized carbons (Fsp3) is 0.400. The van der Waals surface area contributed by atoms with E-state index < -0.39 is 10.0 Å². The van der Waals surface area contributed by atoms with E-state index in [0.717, 1.165) is 5.01 Å². The van der Waals surface area contributed by atoms with Gasteiger partial charge >= 0.3 is 0 Å². The van der Waals surface area contributed by atoms with E-state index in [9.17, 15) is 13.2 Å². The molecule has 0 aliphatic rings. The molecular formula is C15H20N4O4S2. The quantitative estimate of drug-likeness (QED) is 0.672. The fourth-order valence-electron chi connectivity index (χ4n) is 1.83. The van der Waals surface area contributed by atoms with Gasteiger partial charge in [-0.25, -0.2) is 13.1 Å². The second-order valence-corrected chi connectivity index (χ2v) is 8.25. The molecule has 2 N–H and O–H groups in total. The molecule has 0 saturated heterocycles. The van der Waals surface area contributed by atoms with E-state index in [4.69, 9.17) is 4.74 Å². The van der Waals surface area contributed by atoms with Gasteiger partial charge < -0.3 is 4.74 Å². The first kappa shape index (κ1) is 19.4. The number of anilines is 1. The zero-order valence-corrected chi connectivity index (χ0v) is 15.8. The Morgan fingerprint density at radius 1 is 1.24 bits per heavy atom. The number of rotatable bonds is 8. The second kappa shape index (κ2) is 8.48. The summed E-state index contributed by atoms with van der Waals surface area (Å²) in [5, 5.41) is 11.8. The molecule has 0 fully saturated rings. The second-order valence-electron chi connectivity index (χ2n) is 5.47. The van der Waals surface area contributed by atoms with Crippen molar-refractivity contribution in [2.45, 2.75) is 24.7 Å². The lowest BCUT2D eigenvalue weighted by Crippen LogP contribution is -2.27. The number of hydrogen-bond acceptors (Lipinski definition) is 7. The van der Waals surface area contributed by atoms with Crippen molar-refractivity contribution in [1.29, 1.82) is 0 Å². The van der Waals surface area contributed by atoms with Crippen LogP contribution in [0.5, 0.6) is 0 Å². The van der Waals surface area contributed by atoms with Crippen LogP contribution >= 0.6 is 11.3 Å². The SMILES string of the molecule is COCCNS(=O)(=O)c1ccc(C(=O)Nc2nnc(C(C)C)s2)cc1. The molecule has 0 aliphatic heterocycles. The monoisotopic (exact) mass is 384 g/mol. The summed E-state index contributed by atoms with van der Waals surface area (Å²) in [6.07, 6.45) is 0. The Morgan fingerprint density at radius 3 is 2.48 bits per heavy atom. The number of hydrogen-bond donors (Lipinski definition) is 2. The number of methoxy groups -OCH3 is 1. The van der Waals surface area contributed by atoms with E-state index in [1.54, 1.807) is 0 Å². The normalized spacial score (nSPS) is 11.7. The van der Waals surface area contributed by atoms with E-state index in [1.165, 1.54) is 42.7 Å². The van der Waals surface area contributed by atoms with Crippen LogP contribution in [0.3, 0.4) is 0 Å². The minimum absolute atomic E-state index is 0.0816. The minimum atomic E-state index is -3.62. The Kier molecular flexibility index (Phi) is 6.59. The van der Waals surface area contributed by atoms with Crippen LogP contribution in [-0.4, -0.2) is 44.8 Å². The van der Waals surface area contributed by atoms with Crippen molar-refractivity contribution in [3.05, 3.63) is 34.8 Å². The third-order valence-corrected chi connectivity index (χ3v) is 5.80. The average Bonchev–Trinajstić information content (AvgIpc) is 3.04. The molecule has 1 heterocycles. The Balaban J connectivity index is 2.04. The zero-order valence-electron chi connectivity index (χ0n) is 14.1. The molecule has 0 radical (unpaired) electrons. The lowest BCUT2D eigenvalue weighted by atomic mass is 10.2. The highest BCUT2D eigenvalue weighted by molar-refractivity contribution is 7.89. The molecule has 2 aromatic rings. The molecule has 1 amide bonds. The average molecular weight is 384 g/mol. The number of ether oxygens (including phenoxy) is 1. The predicted molar refractivity (Wildman–Crippen MR) is 95.5 cm³/mol. The molecule has 10 heteroatoms. The third-order valence-electron chi connectivity index (χ3n) is 3.18.